The van der Waals surface area contributed by atoms with E-state index in [9.17, 15) is 75.9 Å². The quantitative estimate of drug-likeness (QED) is 0.0708. The van der Waals surface area contributed by atoms with Crippen LogP contribution in [0.4, 0.5) is 5.69 Å². The van der Waals surface area contributed by atoms with Crippen molar-refractivity contribution in [1.29, 1.82) is 0 Å². The fourth-order valence-corrected chi connectivity index (χ4v) is 7.23. The minimum Gasteiger partial charge on any atom is -0.345 e. The van der Waals surface area contributed by atoms with Crippen molar-refractivity contribution in [2.24, 2.45) is 5.10 Å². The summed E-state index contributed by atoms with van der Waals surface area (Å²) in [4.78, 5) is 62.7. The van der Waals surface area contributed by atoms with Crippen molar-refractivity contribution >= 4 is 81.3 Å². The number of benzene rings is 2. The minimum atomic E-state index is -5.19. The second-order valence-electron chi connectivity index (χ2n) is 11.6. The van der Waals surface area contributed by atoms with Crippen LogP contribution < -0.4 is 10.6 Å². The molecule has 0 aliphatic carbocycles. The van der Waals surface area contributed by atoms with Gasteiger partial charge in [-0.05, 0) is 60.7 Å². The van der Waals surface area contributed by atoms with Gasteiger partial charge in [0.2, 0.25) is 0 Å². The molecule has 1 aliphatic heterocycles. The van der Waals surface area contributed by atoms with Crippen molar-refractivity contribution in [2.45, 2.75) is 33.4 Å². The van der Waals surface area contributed by atoms with E-state index in [4.69, 9.17) is 0 Å². The van der Waals surface area contributed by atoms with E-state index in [0.29, 0.717) is 41.1 Å². The van der Waals surface area contributed by atoms with Crippen LogP contribution in [0.1, 0.15) is 29.9 Å². The Balaban J connectivity index is 1.93. The van der Waals surface area contributed by atoms with Gasteiger partial charge in [-0.15, -0.1) is 0 Å². The van der Waals surface area contributed by atoms with E-state index >= 15 is 0 Å². The monoisotopic (exact) mass is 857 g/mol. The number of hydrogen-bond acceptors (Lipinski definition) is 14. The second-order valence-corrected chi connectivity index (χ2v) is 17.2. The summed E-state index contributed by atoms with van der Waals surface area (Å²) < 4.78 is 134. The third kappa shape index (κ3) is 8.87. The van der Waals surface area contributed by atoms with Crippen LogP contribution in [-0.2, 0) is 54.9 Å². The van der Waals surface area contributed by atoms with Gasteiger partial charge in [-0.3, -0.25) is 47.3 Å². The van der Waals surface area contributed by atoms with Crippen LogP contribution in [0.25, 0.3) is 11.8 Å². The maximum Gasteiger partial charge on any atom is 0.296 e. The number of anilines is 1. The van der Waals surface area contributed by atoms with Crippen LogP contribution in [0.5, 0.6) is 0 Å². The van der Waals surface area contributed by atoms with Crippen LogP contribution in [-0.4, -0.2) is 110 Å². The molecule has 0 spiro atoms. The zero-order chi connectivity index (χ0) is 42.5. The van der Waals surface area contributed by atoms with Gasteiger partial charge in [0.05, 0.1) is 32.3 Å². The number of aromatic nitrogens is 2. The molecule has 2 aromatic carbocycles. The lowest BCUT2D eigenvalue weighted by atomic mass is 10.0. The third-order valence-corrected chi connectivity index (χ3v) is 11.0. The Kier molecular flexibility index (Phi) is 11.6. The Labute approximate surface area is 316 Å². The molecule has 0 atom stereocenters. The second kappa shape index (κ2) is 15.1. The smallest absolute Gasteiger partial charge is 0.296 e. The molecule has 0 saturated heterocycles. The van der Waals surface area contributed by atoms with E-state index in [1.165, 1.54) is 14.1 Å². The molecule has 1 aliphatic rings. The first-order valence-corrected chi connectivity index (χ1v) is 20.6. The molecule has 5 N–H and O–H groups in total. The number of ketones is 2. The van der Waals surface area contributed by atoms with Gasteiger partial charge in [0.15, 0.2) is 11.6 Å². The summed E-state index contributed by atoms with van der Waals surface area (Å²) >= 11 is 0. The number of aromatic amines is 1. The number of likely N-dealkylation sites (N-methyl/N-ethyl adjacent to an activating group) is 1. The predicted molar refractivity (Wildman–Crippen MR) is 192 cm³/mol. The average Bonchev–Trinajstić information content (AvgIpc) is 3.58. The van der Waals surface area contributed by atoms with Gasteiger partial charge in [0.1, 0.15) is 21.2 Å². The topological polar surface area (TPSA) is 342 Å². The summed E-state index contributed by atoms with van der Waals surface area (Å²) in [5.74, 6) is -3.89. The number of H-pyrrole nitrogens is 1. The van der Waals surface area contributed by atoms with E-state index in [2.05, 4.69) is 10.2 Å². The number of rotatable bonds is 12. The highest BCUT2D eigenvalue weighted by Crippen LogP contribution is 2.33. The number of carbonyl (C=O) groups is 4. The Morgan fingerprint density at radius 3 is 1.70 bits per heavy atom. The lowest BCUT2D eigenvalue weighted by Gasteiger charge is -2.15. The first-order chi connectivity index (χ1) is 25.5. The largest absolute Gasteiger partial charge is 0.345 e. The fraction of sp³-hybridized carbons (Fsp3) is 0.133. The van der Waals surface area contributed by atoms with Gasteiger partial charge in [0, 0.05) is 33.5 Å². The standard InChI is InChI=1S/C30H27N5O17S4/c1-15(36)26-20(29(39)34(31-26)22-13-18(53(41,42)43)7-11-24(22)55(47,48)49)9-5-17(28(38)33(3)4)6-10-21-27(16(2)37)32-35(30(21)40)23-14-19(54(44,45)46)8-12-25(23)56(50,51)52/h5-14,31H,1-4H3,(H,41,42,43)(H,44,45,46)(H,47,48,49)(H,50,51,52)/b9-5+,17-6+,21-10-. The summed E-state index contributed by atoms with van der Waals surface area (Å²) in [6.07, 6.45) is 3.62. The highest BCUT2D eigenvalue weighted by molar-refractivity contribution is 7.87. The third-order valence-electron chi connectivity index (χ3n) is 7.48. The molecule has 3 aromatic rings. The van der Waals surface area contributed by atoms with E-state index in [1.807, 2.05) is 0 Å². The molecule has 0 fully saturated rings. The molecule has 26 heteroatoms. The predicted octanol–water partition coefficient (Wildman–Crippen LogP) is 0.301. The molecule has 56 heavy (non-hydrogen) atoms. The lowest BCUT2D eigenvalue weighted by molar-refractivity contribution is -0.124. The van der Waals surface area contributed by atoms with Gasteiger partial charge in [-0.2, -0.15) is 43.8 Å². The molecule has 0 unspecified atom stereocenters. The highest BCUT2D eigenvalue weighted by atomic mass is 32.2. The number of nitrogens with zero attached hydrogens (tertiary/aromatic N) is 4. The zero-order valence-corrected chi connectivity index (χ0v) is 32.1. The van der Waals surface area contributed by atoms with Crippen LogP contribution in [0.2, 0.25) is 0 Å². The van der Waals surface area contributed by atoms with Crippen LogP contribution in [0.15, 0.2) is 95.3 Å². The first-order valence-electron chi connectivity index (χ1n) is 14.9. The molecular formula is C30H27N5O17S4. The number of Topliss-reactive ketones (excluding diaryl/α,β-unsaturated/α-hetero) is 2. The van der Waals surface area contributed by atoms with Gasteiger partial charge in [-0.25, -0.2) is 4.68 Å². The molecule has 2 amide bonds. The molecule has 1 aromatic heterocycles. The van der Waals surface area contributed by atoms with E-state index in [0.717, 1.165) is 43.1 Å². The summed E-state index contributed by atoms with van der Waals surface area (Å²) in [6, 6.07) is 3.31. The molecule has 298 valence electrons. The van der Waals surface area contributed by atoms with Crippen LogP contribution >= 0.6 is 0 Å². The van der Waals surface area contributed by atoms with Crippen LogP contribution in [0, 0.1) is 0 Å². The number of hydrazone groups is 1. The highest BCUT2D eigenvalue weighted by Gasteiger charge is 2.37. The molecule has 0 bridgehead atoms. The fourth-order valence-electron chi connectivity index (χ4n) is 4.93. The number of amides is 2. The van der Waals surface area contributed by atoms with Crippen molar-refractivity contribution in [3.63, 3.8) is 0 Å². The Morgan fingerprint density at radius 2 is 1.25 bits per heavy atom. The number of allylic oxidation sites excluding steroid dienone is 2. The Bertz CT molecular complexity index is 2900. The molecule has 0 radical (unpaired) electrons. The molecule has 4 rings (SSSR count). The summed E-state index contributed by atoms with van der Waals surface area (Å²) in [6.45, 7) is 1.91. The molecule has 0 saturated carbocycles. The summed E-state index contributed by atoms with van der Waals surface area (Å²) in [7, 11) is -17.8. The maximum atomic E-state index is 13.6. The molecule has 22 nitrogen and oxygen atoms in total. The van der Waals surface area contributed by atoms with Gasteiger partial charge in [0.25, 0.3) is 57.8 Å². The van der Waals surface area contributed by atoms with Gasteiger partial charge < -0.3 is 4.90 Å². The van der Waals surface area contributed by atoms with Crippen molar-refractivity contribution in [1.82, 2.24) is 14.7 Å². The van der Waals surface area contributed by atoms with Gasteiger partial charge in [-0.1, -0.05) is 0 Å². The van der Waals surface area contributed by atoms with E-state index < -0.39 is 128 Å². The number of nitrogens with one attached hydrogen (secondary N) is 1. The van der Waals surface area contributed by atoms with Crippen molar-refractivity contribution in [3.05, 3.63) is 87.4 Å². The number of hydrogen-bond donors (Lipinski definition) is 5. The summed E-state index contributed by atoms with van der Waals surface area (Å²) in [5, 5.41) is 6.31. The maximum absolute atomic E-state index is 13.6. The van der Waals surface area contributed by atoms with E-state index in [1.54, 1.807) is 0 Å². The van der Waals surface area contributed by atoms with Crippen LogP contribution in [0.3, 0.4) is 0 Å². The molecular weight excluding hydrogens is 831 g/mol. The lowest BCUT2D eigenvalue weighted by Crippen LogP contribution is -2.24. The van der Waals surface area contributed by atoms with E-state index in [-0.39, 0.29) is 5.01 Å². The van der Waals surface area contributed by atoms with Crippen molar-refractivity contribution in [3.8, 4) is 5.69 Å². The Morgan fingerprint density at radius 1 is 0.750 bits per heavy atom. The average molecular weight is 858 g/mol. The zero-order valence-electron chi connectivity index (χ0n) is 28.8. The Hall–Kier alpha value is -5.74. The molecule has 2 heterocycles. The normalized spacial score (nSPS) is 15.1. The van der Waals surface area contributed by atoms with Gasteiger partial charge >= 0.3 is 0 Å². The minimum absolute atomic E-state index is 0.247. The number of carbonyl (C=O) groups excluding carboxylic acids is 4. The summed E-state index contributed by atoms with van der Waals surface area (Å²) in [5.41, 5.74) is -5.74. The van der Waals surface area contributed by atoms with Crippen molar-refractivity contribution in [2.75, 3.05) is 19.1 Å². The van der Waals surface area contributed by atoms with Crippen molar-refractivity contribution < 1.29 is 71.1 Å². The SMILES string of the molecule is CC(=O)C1=NN(c2cc(S(=O)(=O)O)ccc2S(=O)(=O)O)C(=O)\C1=C/C=C(\C=C\c1c(C(C)=O)[nH]n(-c2cc(S(=O)(=O)O)ccc2S(=O)(=O)O)c1=O)C(=O)N(C)C. The first kappa shape index (κ1) is 43.0.